The molecule has 2 aromatic carbocycles. The quantitative estimate of drug-likeness (QED) is 0.566. The van der Waals surface area contributed by atoms with Crippen LogP contribution in [0, 0.1) is 6.92 Å². The van der Waals surface area contributed by atoms with Gasteiger partial charge in [0.2, 0.25) is 5.91 Å². The van der Waals surface area contributed by atoms with Gasteiger partial charge in [0.1, 0.15) is 23.3 Å². The highest BCUT2D eigenvalue weighted by atomic mass is 16.6. The third-order valence-corrected chi connectivity index (χ3v) is 6.18. The number of carbonyl (C=O) groups is 2. The summed E-state index contributed by atoms with van der Waals surface area (Å²) in [5, 5.41) is 0.979. The summed E-state index contributed by atoms with van der Waals surface area (Å²) in [5.41, 5.74) is 7.11. The summed E-state index contributed by atoms with van der Waals surface area (Å²) in [6.45, 7) is 9.50. The average molecular weight is 476 g/mol. The smallest absolute Gasteiger partial charge is 0.309 e. The molecule has 184 valence electrons. The first kappa shape index (κ1) is 24.6. The number of piperazine rings is 1. The molecule has 2 heterocycles. The number of amides is 1. The van der Waals surface area contributed by atoms with Crippen molar-refractivity contribution in [1.29, 1.82) is 0 Å². The summed E-state index contributed by atoms with van der Waals surface area (Å²) in [5.74, 6) is 0.0772. The minimum Gasteiger partial charge on any atom is -0.460 e. The van der Waals surface area contributed by atoms with Crippen molar-refractivity contribution in [2.24, 2.45) is 5.73 Å². The van der Waals surface area contributed by atoms with Crippen molar-refractivity contribution in [3.8, 4) is 0 Å². The van der Waals surface area contributed by atoms with Crippen LogP contribution in [0.1, 0.15) is 38.3 Å². The van der Waals surface area contributed by atoms with Crippen molar-refractivity contribution in [3.63, 3.8) is 0 Å². The zero-order valence-electron chi connectivity index (χ0n) is 20.8. The lowest BCUT2D eigenvalue weighted by Gasteiger charge is -2.40. The summed E-state index contributed by atoms with van der Waals surface area (Å²) < 4.78 is 5.52. The number of aryl methyl sites for hydroxylation is 1. The van der Waals surface area contributed by atoms with Crippen LogP contribution in [0.5, 0.6) is 0 Å². The molecule has 2 N–H and O–H groups in total. The first-order valence-corrected chi connectivity index (χ1v) is 11.9. The van der Waals surface area contributed by atoms with Crippen molar-refractivity contribution >= 4 is 28.6 Å². The Labute approximate surface area is 206 Å². The Morgan fingerprint density at radius 2 is 1.63 bits per heavy atom. The molecule has 0 aliphatic carbocycles. The van der Waals surface area contributed by atoms with Crippen LogP contribution in [0.4, 0.5) is 5.82 Å². The molecule has 0 radical (unpaired) electrons. The number of fused-ring (bicyclic) bond motifs is 1. The molecule has 0 bridgehead atoms. The van der Waals surface area contributed by atoms with Gasteiger partial charge < -0.3 is 20.3 Å². The fraction of sp³-hybridized carbons (Fsp3) is 0.407. The Bertz CT molecular complexity index is 1210. The number of carbonyl (C=O) groups excluding carboxylic acids is 2. The molecular weight excluding hydrogens is 442 g/mol. The molecular formula is C27H33N5O3. The maximum Gasteiger partial charge on any atom is 0.309 e. The average Bonchev–Trinajstić information content (AvgIpc) is 2.82. The number of hydrogen-bond donors (Lipinski definition) is 1. The number of para-hydroxylation sites is 1. The van der Waals surface area contributed by atoms with Gasteiger partial charge in [-0.15, -0.1) is 0 Å². The molecule has 8 nitrogen and oxygen atoms in total. The van der Waals surface area contributed by atoms with E-state index in [0.717, 1.165) is 22.3 Å². The zero-order chi connectivity index (χ0) is 25.2. The summed E-state index contributed by atoms with van der Waals surface area (Å²) >= 11 is 0. The number of benzene rings is 2. The first-order chi connectivity index (χ1) is 16.6. The van der Waals surface area contributed by atoms with Crippen LogP contribution in [-0.4, -0.2) is 58.5 Å². The van der Waals surface area contributed by atoms with Gasteiger partial charge in [-0.05, 0) is 45.4 Å². The van der Waals surface area contributed by atoms with Crippen molar-refractivity contribution in [2.45, 2.75) is 45.3 Å². The van der Waals surface area contributed by atoms with Gasteiger partial charge in [0, 0.05) is 31.6 Å². The molecule has 1 aliphatic heterocycles. The van der Waals surface area contributed by atoms with Gasteiger partial charge in [0.05, 0.1) is 11.9 Å². The minimum absolute atomic E-state index is 0.233. The molecule has 0 spiro atoms. The number of aromatic nitrogens is 2. The van der Waals surface area contributed by atoms with Crippen molar-refractivity contribution in [2.75, 3.05) is 31.1 Å². The maximum absolute atomic E-state index is 13.8. The van der Waals surface area contributed by atoms with E-state index in [2.05, 4.69) is 14.9 Å². The molecule has 0 saturated carbocycles. The van der Waals surface area contributed by atoms with E-state index in [9.17, 15) is 9.59 Å². The largest absolute Gasteiger partial charge is 0.460 e. The Kier molecular flexibility index (Phi) is 6.76. The Balaban J connectivity index is 1.55. The fourth-order valence-electron chi connectivity index (χ4n) is 4.40. The molecule has 8 heteroatoms. The molecule has 1 fully saturated rings. The topological polar surface area (TPSA) is 102 Å². The van der Waals surface area contributed by atoms with Crippen LogP contribution >= 0.6 is 0 Å². The molecule has 4 rings (SSSR count). The third kappa shape index (κ3) is 5.43. The van der Waals surface area contributed by atoms with Crippen LogP contribution in [0.15, 0.2) is 54.9 Å². The fourth-order valence-corrected chi connectivity index (χ4v) is 4.40. The van der Waals surface area contributed by atoms with Crippen molar-refractivity contribution < 1.29 is 14.3 Å². The van der Waals surface area contributed by atoms with Gasteiger partial charge in [0.15, 0.2) is 0 Å². The van der Waals surface area contributed by atoms with Gasteiger partial charge in [-0.25, -0.2) is 9.97 Å². The van der Waals surface area contributed by atoms with Gasteiger partial charge in [-0.1, -0.05) is 42.0 Å². The molecule has 1 aromatic heterocycles. The second kappa shape index (κ2) is 9.62. The van der Waals surface area contributed by atoms with E-state index >= 15 is 0 Å². The van der Waals surface area contributed by atoms with Gasteiger partial charge in [-0.3, -0.25) is 9.59 Å². The van der Waals surface area contributed by atoms with Crippen LogP contribution in [-0.2, 0) is 19.9 Å². The molecule has 1 saturated heterocycles. The van der Waals surface area contributed by atoms with E-state index in [1.54, 1.807) is 32.0 Å². The lowest BCUT2D eigenvalue weighted by Crippen LogP contribution is -2.59. The number of nitrogens with zero attached hydrogens (tertiary/aromatic N) is 4. The van der Waals surface area contributed by atoms with Crippen LogP contribution in [0.2, 0.25) is 0 Å². The summed E-state index contributed by atoms with van der Waals surface area (Å²) in [7, 11) is 0. The molecule has 1 unspecified atom stereocenters. The first-order valence-electron chi connectivity index (χ1n) is 11.9. The SMILES string of the molecule is Cc1ccc(C(N)(CC(=O)OC(C)(C)C)C(=O)N2CCN(c3ncnc4ccccc34)CC2)cc1. The number of anilines is 1. The Morgan fingerprint density at radius 1 is 0.971 bits per heavy atom. The van der Waals surface area contributed by atoms with Crippen LogP contribution in [0.25, 0.3) is 10.9 Å². The summed E-state index contributed by atoms with van der Waals surface area (Å²) in [6.07, 6.45) is 1.33. The van der Waals surface area contributed by atoms with E-state index in [4.69, 9.17) is 10.5 Å². The van der Waals surface area contributed by atoms with E-state index in [1.807, 2.05) is 55.5 Å². The highest BCUT2D eigenvalue weighted by Crippen LogP contribution is 2.29. The highest BCUT2D eigenvalue weighted by Gasteiger charge is 2.43. The maximum atomic E-state index is 13.8. The third-order valence-electron chi connectivity index (χ3n) is 6.18. The van der Waals surface area contributed by atoms with E-state index in [-0.39, 0.29) is 12.3 Å². The van der Waals surface area contributed by atoms with E-state index < -0.39 is 17.1 Å². The lowest BCUT2D eigenvalue weighted by molar-refractivity contribution is -0.159. The molecule has 3 aromatic rings. The second-order valence-corrected chi connectivity index (χ2v) is 10.1. The minimum atomic E-state index is -1.51. The zero-order valence-corrected chi connectivity index (χ0v) is 20.8. The van der Waals surface area contributed by atoms with Crippen LogP contribution < -0.4 is 10.6 Å². The van der Waals surface area contributed by atoms with Crippen LogP contribution in [0.3, 0.4) is 0 Å². The van der Waals surface area contributed by atoms with E-state index in [0.29, 0.717) is 31.7 Å². The second-order valence-electron chi connectivity index (χ2n) is 10.1. The molecule has 1 amide bonds. The lowest BCUT2D eigenvalue weighted by atomic mass is 9.85. The summed E-state index contributed by atoms with van der Waals surface area (Å²) in [6, 6.07) is 15.3. The number of rotatable bonds is 5. The number of ether oxygens (including phenoxy) is 1. The van der Waals surface area contributed by atoms with Gasteiger partial charge >= 0.3 is 5.97 Å². The summed E-state index contributed by atoms with van der Waals surface area (Å²) in [4.78, 5) is 39.3. The highest BCUT2D eigenvalue weighted by molar-refractivity contribution is 5.92. The van der Waals surface area contributed by atoms with E-state index in [1.165, 1.54) is 0 Å². The Morgan fingerprint density at radius 3 is 2.29 bits per heavy atom. The predicted octanol–water partition coefficient (Wildman–Crippen LogP) is 3.17. The molecule has 1 atom stereocenters. The Hall–Kier alpha value is -3.52. The number of hydrogen-bond acceptors (Lipinski definition) is 7. The van der Waals surface area contributed by atoms with Crippen molar-refractivity contribution in [3.05, 3.63) is 66.0 Å². The molecule has 35 heavy (non-hydrogen) atoms. The monoisotopic (exact) mass is 475 g/mol. The van der Waals surface area contributed by atoms with Crippen molar-refractivity contribution in [1.82, 2.24) is 14.9 Å². The van der Waals surface area contributed by atoms with Gasteiger partial charge in [-0.2, -0.15) is 0 Å². The number of nitrogens with two attached hydrogens (primary N) is 1. The van der Waals surface area contributed by atoms with Gasteiger partial charge in [0.25, 0.3) is 0 Å². The number of esters is 1. The predicted molar refractivity (Wildman–Crippen MR) is 136 cm³/mol. The molecule has 1 aliphatic rings. The normalized spacial score (nSPS) is 16.1. The standard InChI is InChI=1S/C27H33N5O3/c1-19-9-11-20(12-10-19)27(28,17-23(33)35-26(2,3)4)25(34)32-15-13-31(14-16-32)24-21-7-5-6-8-22(21)29-18-30-24/h5-12,18H,13-17,28H2,1-4H3.